The van der Waals surface area contributed by atoms with Crippen molar-refractivity contribution in [3.8, 4) is 0 Å². The Labute approximate surface area is 121 Å². The van der Waals surface area contributed by atoms with Crippen LogP contribution in [-0.2, 0) is 6.54 Å². The summed E-state index contributed by atoms with van der Waals surface area (Å²) >= 11 is 6.19. The van der Waals surface area contributed by atoms with E-state index in [2.05, 4.69) is 41.3 Å². The van der Waals surface area contributed by atoms with Gasteiger partial charge in [-0.25, -0.2) is 0 Å². The molecule has 1 atom stereocenters. The Morgan fingerprint density at radius 2 is 2.21 bits per heavy atom. The van der Waals surface area contributed by atoms with Gasteiger partial charge in [0.25, 0.3) is 0 Å². The molecular formula is C15H24ClN3. The minimum atomic E-state index is 0.601. The van der Waals surface area contributed by atoms with Crippen molar-refractivity contribution < 1.29 is 0 Å². The molecule has 0 saturated carbocycles. The zero-order valence-corrected chi connectivity index (χ0v) is 12.9. The molecule has 0 bridgehead atoms. The molecule has 1 N–H and O–H groups in total. The van der Waals surface area contributed by atoms with E-state index in [1.165, 1.54) is 24.1 Å². The molecular weight excluding hydrogens is 258 g/mol. The molecule has 0 aliphatic carbocycles. The molecule has 1 aliphatic heterocycles. The van der Waals surface area contributed by atoms with Crippen LogP contribution in [0.1, 0.15) is 18.4 Å². The Bertz CT molecular complexity index is 420. The number of rotatable bonds is 5. The van der Waals surface area contributed by atoms with Gasteiger partial charge in [-0.3, -0.25) is 0 Å². The molecule has 2 rings (SSSR count). The first-order valence-electron chi connectivity index (χ1n) is 6.96. The molecule has 19 heavy (non-hydrogen) atoms. The summed E-state index contributed by atoms with van der Waals surface area (Å²) < 4.78 is 0. The highest BCUT2D eigenvalue weighted by Crippen LogP contribution is 2.31. The maximum atomic E-state index is 6.19. The van der Waals surface area contributed by atoms with Gasteiger partial charge in [0.15, 0.2) is 0 Å². The summed E-state index contributed by atoms with van der Waals surface area (Å²) in [6.07, 6.45) is 2.54. The zero-order valence-electron chi connectivity index (χ0n) is 12.1. The monoisotopic (exact) mass is 281 g/mol. The fourth-order valence-corrected chi connectivity index (χ4v) is 3.07. The lowest BCUT2D eigenvalue weighted by Crippen LogP contribution is -2.38. The smallest absolute Gasteiger partial charge is 0.0429 e. The Kier molecular flexibility index (Phi) is 5.08. The van der Waals surface area contributed by atoms with Gasteiger partial charge in [-0.05, 0) is 51.7 Å². The lowest BCUT2D eigenvalue weighted by Gasteiger charge is -2.31. The molecule has 106 valence electrons. The third kappa shape index (κ3) is 3.62. The minimum Gasteiger partial charge on any atom is -0.367 e. The van der Waals surface area contributed by atoms with Gasteiger partial charge in [0.2, 0.25) is 0 Å². The summed E-state index contributed by atoms with van der Waals surface area (Å²) in [5.41, 5.74) is 2.63. The van der Waals surface area contributed by atoms with Crippen molar-refractivity contribution in [2.45, 2.75) is 25.4 Å². The van der Waals surface area contributed by atoms with Crippen LogP contribution in [0.25, 0.3) is 0 Å². The van der Waals surface area contributed by atoms with Crippen molar-refractivity contribution in [2.75, 3.05) is 39.1 Å². The average Bonchev–Trinajstić information content (AvgIpc) is 2.79. The predicted molar refractivity (Wildman–Crippen MR) is 83.1 cm³/mol. The number of benzene rings is 1. The highest BCUT2D eigenvalue weighted by atomic mass is 35.5. The van der Waals surface area contributed by atoms with Gasteiger partial charge in [0.05, 0.1) is 0 Å². The van der Waals surface area contributed by atoms with Crippen LogP contribution < -0.4 is 10.2 Å². The average molecular weight is 282 g/mol. The SMILES string of the molecule is CNCc1ccc(Cl)cc1N1CCCC1CN(C)C. The van der Waals surface area contributed by atoms with E-state index >= 15 is 0 Å². The third-order valence-corrected chi connectivity index (χ3v) is 3.91. The summed E-state index contributed by atoms with van der Waals surface area (Å²) in [5, 5.41) is 4.07. The second-order valence-electron chi connectivity index (χ2n) is 5.56. The number of hydrogen-bond donors (Lipinski definition) is 1. The van der Waals surface area contributed by atoms with Crippen molar-refractivity contribution in [1.29, 1.82) is 0 Å². The first-order chi connectivity index (χ1) is 9.11. The van der Waals surface area contributed by atoms with E-state index in [0.29, 0.717) is 6.04 Å². The van der Waals surface area contributed by atoms with Gasteiger partial charge in [-0.1, -0.05) is 17.7 Å². The van der Waals surface area contributed by atoms with E-state index in [1.54, 1.807) is 0 Å². The summed E-state index contributed by atoms with van der Waals surface area (Å²) in [5.74, 6) is 0. The van der Waals surface area contributed by atoms with Crippen LogP contribution in [0.5, 0.6) is 0 Å². The summed E-state index contributed by atoms with van der Waals surface area (Å²) in [6, 6.07) is 6.83. The second kappa shape index (κ2) is 6.60. The van der Waals surface area contributed by atoms with E-state index in [9.17, 15) is 0 Å². The first kappa shape index (κ1) is 14.6. The number of nitrogens with zero attached hydrogens (tertiary/aromatic N) is 2. The fraction of sp³-hybridized carbons (Fsp3) is 0.600. The molecule has 1 saturated heterocycles. The van der Waals surface area contributed by atoms with Crippen molar-refractivity contribution in [3.63, 3.8) is 0 Å². The predicted octanol–water partition coefficient (Wildman–Crippen LogP) is 2.59. The molecule has 1 aromatic carbocycles. The largest absolute Gasteiger partial charge is 0.367 e. The molecule has 0 aromatic heterocycles. The topological polar surface area (TPSA) is 18.5 Å². The van der Waals surface area contributed by atoms with Crippen LogP contribution in [0, 0.1) is 0 Å². The van der Waals surface area contributed by atoms with E-state index in [1.807, 2.05) is 13.1 Å². The maximum absolute atomic E-state index is 6.19. The quantitative estimate of drug-likeness (QED) is 0.895. The molecule has 0 amide bonds. The molecule has 1 heterocycles. The lowest BCUT2D eigenvalue weighted by molar-refractivity contribution is 0.372. The zero-order chi connectivity index (χ0) is 13.8. The number of anilines is 1. The van der Waals surface area contributed by atoms with Crippen molar-refractivity contribution >= 4 is 17.3 Å². The molecule has 0 spiro atoms. The Balaban J connectivity index is 2.25. The molecule has 1 unspecified atom stereocenters. The van der Waals surface area contributed by atoms with Crippen LogP contribution in [0.3, 0.4) is 0 Å². The van der Waals surface area contributed by atoms with E-state index in [-0.39, 0.29) is 0 Å². The van der Waals surface area contributed by atoms with Crippen LogP contribution in [-0.4, -0.2) is 45.2 Å². The van der Waals surface area contributed by atoms with Crippen molar-refractivity contribution in [3.05, 3.63) is 28.8 Å². The molecule has 1 aromatic rings. The van der Waals surface area contributed by atoms with Crippen molar-refractivity contribution in [1.82, 2.24) is 10.2 Å². The fourth-order valence-electron chi connectivity index (χ4n) is 2.91. The van der Waals surface area contributed by atoms with Crippen molar-refractivity contribution in [2.24, 2.45) is 0 Å². The Morgan fingerprint density at radius 3 is 2.89 bits per heavy atom. The van der Waals surface area contributed by atoms with Crippen LogP contribution in [0.15, 0.2) is 18.2 Å². The number of hydrogen-bond acceptors (Lipinski definition) is 3. The van der Waals surface area contributed by atoms with Crippen LogP contribution in [0.2, 0.25) is 5.02 Å². The molecule has 3 nitrogen and oxygen atoms in total. The summed E-state index contributed by atoms with van der Waals surface area (Å²) in [6.45, 7) is 3.12. The van der Waals surface area contributed by atoms with Gasteiger partial charge in [0, 0.05) is 36.4 Å². The second-order valence-corrected chi connectivity index (χ2v) is 5.99. The van der Waals surface area contributed by atoms with Gasteiger partial charge in [0.1, 0.15) is 0 Å². The van der Waals surface area contributed by atoms with Crippen LogP contribution in [0.4, 0.5) is 5.69 Å². The third-order valence-electron chi connectivity index (χ3n) is 3.68. The Morgan fingerprint density at radius 1 is 1.42 bits per heavy atom. The molecule has 1 aliphatic rings. The number of nitrogens with one attached hydrogen (secondary N) is 1. The highest BCUT2D eigenvalue weighted by molar-refractivity contribution is 6.30. The number of halogens is 1. The summed E-state index contributed by atoms with van der Waals surface area (Å²) in [7, 11) is 6.27. The normalized spacial score (nSPS) is 19.4. The first-order valence-corrected chi connectivity index (χ1v) is 7.34. The highest BCUT2D eigenvalue weighted by Gasteiger charge is 2.26. The summed E-state index contributed by atoms with van der Waals surface area (Å²) in [4.78, 5) is 4.80. The molecule has 1 fully saturated rings. The standard InChI is InChI=1S/C15H24ClN3/c1-17-10-12-6-7-13(16)9-15(12)19-8-4-5-14(19)11-18(2)3/h6-7,9,14,17H,4-5,8,10-11H2,1-3H3. The van der Waals surface area contributed by atoms with Gasteiger partial charge < -0.3 is 15.1 Å². The van der Waals surface area contributed by atoms with Crippen LogP contribution >= 0.6 is 11.6 Å². The Hall–Kier alpha value is -0.770. The molecule has 4 heteroatoms. The van der Waals surface area contributed by atoms with E-state index < -0.39 is 0 Å². The van der Waals surface area contributed by atoms with E-state index in [4.69, 9.17) is 11.6 Å². The van der Waals surface area contributed by atoms with Gasteiger partial charge in [-0.15, -0.1) is 0 Å². The van der Waals surface area contributed by atoms with Gasteiger partial charge in [-0.2, -0.15) is 0 Å². The minimum absolute atomic E-state index is 0.601. The lowest BCUT2D eigenvalue weighted by atomic mass is 10.1. The maximum Gasteiger partial charge on any atom is 0.0429 e. The molecule has 0 radical (unpaired) electrons. The van der Waals surface area contributed by atoms with Gasteiger partial charge >= 0.3 is 0 Å². The number of likely N-dealkylation sites (N-methyl/N-ethyl adjacent to an activating group) is 1. The van der Waals surface area contributed by atoms with E-state index in [0.717, 1.165) is 24.7 Å².